The average molecular weight is 346 g/mol. The zero-order valence-electron chi connectivity index (χ0n) is 13.7. The van der Waals surface area contributed by atoms with Crippen molar-refractivity contribution in [1.82, 2.24) is 4.72 Å². The maximum absolute atomic E-state index is 11.9. The van der Waals surface area contributed by atoms with Gasteiger partial charge in [-0.25, -0.2) is 13.1 Å². The molecule has 2 aromatic rings. The fraction of sp³-hybridized carbons (Fsp3) is 0.278. The highest BCUT2D eigenvalue weighted by molar-refractivity contribution is 7.89. The lowest BCUT2D eigenvalue weighted by molar-refractivity contribution is -0.115. The van der Waals surface area contributed by atoms with Crippen LogP contribution in [0.25, 0.3) is 0 Å². The molecule has 2 rings (SSSR count). The third kappa shape index (κ3) is 6.52. The van der Waals surface area contributed by atoms with Crippen LogP contribution in [0.4, 0.5) is 5.69 Å². The summed E-state index contributed by atoms with van der Waals surface area (Å²) in [6, 6.07) is 17.0. The molecule has 0 spiro atoms. The van der Waals surface area contributed by atoms with Gasteiger partial charge in [-0.3, -0.25) is 4.79 Å². The van der Waals surface area contributed by atoms with Crippen LogP contribution in [0.15, 0.2) is 54.6 Å². The molecule has 5 nitrogen and oxygen atoms in total. The lowest BCUT2D eigenvalue weighted by Crippen LogP contribution is -2.34. The molecule has 0 bridgehead atoms. The summed E-state index contributed by atoms with van der Waals surface area (Å²) in [6.45, 7) is 1.69. The number of amides is 1. The minimum atomic E-state index is -3.46. The first-order valence-electron chi connectivity index (χ1n) is 7.82. The third-order valence-electron chi connectivity index (χ3n) is 3.51. The predicted octanol–water partition coefficient (Wildman–Crippen LogP) is 2.49. The van der Waals surface area contributed by atoms with Gasteiger partial charge in [0.25, 0.3) is 0 Å². The van der Waals surface area contributed by atoms with Gasteiger partial charge in [0.2, 0.25) is 15.9 Å². The molecule has 2 aromatic carbocycles. The Bertz CT molecular complexity index is 757. The first kappa shape index (κ1) is 18.2. The number of nitrogens with one attached hydrogen (secondary N) is 2. The molecule has 0 heterocycles. The lowest BCUT2D eigenvalue weighted by Gasteiger charge is -2.08. The smallest absolute Gasteiger partial charge is 0.239 e. The molecule has 128 valence electrons. The van der Waals surface area contributed by atoms with Crippen LogP contribution in [0.3, 0.4) is 0 Å². The molecule has 0 radical (unpaired) electrons. The summed E-state index contributed by atoms with van der Waals surface area (Å²) in [4.78, 5) is 11.8. The lowest BCUT2D eigenvalue weighted by atomic mass is 10.1. The van der Waals surface area contributed by atoms with Crippen LogP contribution in [-0.2, 0) is 21.2 Å². The number of carbonyl (C=O) groups excluding carboxylic acids is 1. The number of sulfonamides is 1. The van der Waals surface area contributed by atoms with Gasteiger partial charge in [0.05, 0.1) is 12.3 Å². The number of carbonyl (C=O) groups is 1. The van der Waals surface area contributed by atoms with E-state index < -0.39 is 10.0 Å². The van der Waals surface area contributed by atoms with E-state index in [2.05, 4.69) is 10.0 Å². The van der Waals surface area contributed by atoms with Gasteiger partial charge in [-0.2, -0.15) is 0 Å². The zero-order valence-corrected chi connectivity index (χ0v) is 14.5. The molecule has 0 fully saturated rings. The number of rotatable bonds is 8. The maximum Gasteiger partial charge on any atom is 0.239 e. The van der Waals surface area contributed by atoms with E-state index in [1.807, 2.05) is 49.4 Å². The Morgan fingerprint density at radius 3 is 2.33 bits per heavy atom. The van der Waals surface area contributed by atoms with Gasteiger partial charge in [-0.15, -0.1) is 0 Å². The number of hydrogen-bond donors (Lipinski definition) is 2. The molecule has 0 aliphatic heterocycles. The molecule has 0 saturated carbocycles. The minimum Gasteiger partial charge on any atom is -0.325 e. The summed E-state index contributed by atoms with van der Waals surface area (Å²) in [5, 5.41) is 2.66. The molecule has 0 unspecified atom stereocenters. The van der Waals surface area contributed by atoms with Crippen LogP contribution in [0.2, 0.25) is 0 Å². The number of benzene rings is 2. The zero-order chi connectivity index (χ0) is 17.4. The summed E-state index contributed by atoms with van der Waals surface area (Å²) in [6.07, 6.45) is 1.20. The second kappa shape index (κ2) is 8.61. The van der Waals surface area contributed by atoms with Gasteiger partial charge in [0.1, 0.15) is 0 Å². The van der Waals surface area contributed by atoms with Crippen LogP contribution < -0.4 is 10.0 Å². The van der Waals surface area contributed by atoms with Gasteiger partial charge in [0.15, 0.2) is 0 Å². The molecule has 6 heteroatoms. The summed E-state index contributed by atoms with van der Waals surface area (Å²) in [5.41, 5.74) is 2.84. The van der Waals surface area contributed by atoms with Crippen molar-refractivity contribution in [2.45, 2.75) is 19.8 Å². The van der Waals surface area contributed by atoms with E-state index in [4.69, 9.17) is 0 Å². The Hall–Kier alpha value is -2.18. The second-order valence-corrected chi connectivity index (χ2v) is 7.57. The van der Waals surface area contributed by atoms with Crippen molar-refractivity contribution in [2.75, 3.05) is 17.6 Å². The van der Waals surface area contributed by atoms with E-state index in [1.54, 1.807) is 12.1 Å². The van der Waals surface area contributed by atoms with Crippen LogP contribution in [0.5, 0.6) is 0 Å². The monoisotopic (exact) mass is 346 g/mol. The standard InChI is InChI=1S/C18H22N2O3S/c1-15-9-11-17(12-10-15)20-18(21)14-19-24(22,23)13-5-8-16-6-3-2-4-7-16/h2-4,6-7,9-12,19H,5,8,13-14H2,1H3,(H,20,21). The maximum atomic E-state index is 11.9. The Morgan fingerprint density at radius 1 is 1.00 bits per heavy atom. The first-order chi connectivity index (χ1) is 11.4. The van der Waals surface area contributed by atoms with E-state index >= 15 is 0 Å². The summed E-state index contributed by atoms with van der Waals surface area (Å²) in [7, 11) is -3.46. The van der Waals surface area contributed by atoms with E-state index in [0.29, 0.717) is 18.5 Å². The summed E-state index contributed by atoms with van der Waals surface area (Å²) < 4.78 is 26.2. The van der Waals surface area contributed by atoms with Gasteiger partial charge in [-0.05, 0) is 37.5 Å². The Kier molecular flexibility index (Phi) is 6.52. The molecule has 0 atom stereocenters. The SMILES string of the molecule is Cc1ccc(NC(=O)CNS(=O)(=O)CCCc2ccccc2)cc1. The molecule has 24 heavy (non-hydrogen) atoms. The normalized spacial score (nSPS) is 11.2. The van der Waals surface area contributed by atoms with Crippen molar-refractivity contribution >= 4 is 21.6 Å². The van der Waals surface area contributed by atoms with Gasteiger partial charge in [0, 0.05) is 5.69 Å². The Morgan fingerprint density at radius 2 is 1.67 bits per heavy atom. The quantitative estimate of drug-likeness (QED) is 0.771. The predicted molar refractivity (Wildman–Crippen MR) is 96.4 cm³/mol. The van der Waals surface area contributed by atoms with Gasteiger partial charge >= 0.3 is 0 Å². The van der Waals surface area contributed by atoms with Crippen LogP contribution in [0, 0.1) is 6.92 Å². The molecule has 0 aliphatic rings. The van der Waals surface area contributed by atoms with E-state index in [9.17, 15) is 13.2 Å². The van der Waals surface area contributed by atoms with Gasteiger partial charge < -0.3 is 5.32 Å². The van der Waals surface area contributed by atoms with Crippen molar-refractivity contribution in [3.05, 3.63) is 65.7 Å². The average Bonchev–Trinajstić information content (AvgIpc) is 2.56. The van der Waals surface area contributed by atoms with Crippen molar-refractivity contribution in [3.63, 3.8) is 0 Å². The third-order valence-corrected chi connectivity index (χ3v) is 4.92. The van der Waals surface area contributed by atoms with Crippen molar-refractivity contribution in [3.8, 4) is 0 Å². The highest BCUT2D eigenvalue weighted by atomic mass is 32.2. The van der Waals surface area contributed by atoms with E-state index in [-0.39, 0.29) is 18.2 Å². The molecule has 0 aliphatic carbocycles. The molecular formula is C18H22N2O3S. The first-order valence-corrected chi connectivity index (χ1v) is 9.48. The van der Waals surface area contributed by atoms with E-state index in [0.717, 1.165) is 11.1 Å². The fourth-order valence-electron chi connectivity index (χ4n) is 2.20. The molecule has 0 aromatic heterocycles. The Balaban J connectivity index is 1.73. The molecule has 0 saturated heterocycles. The Labute approximate surface area is 143 Å². The van der Waals surface area contributed by atoms with Crippen LogP contribution in [-0.4, -0.2) is 26.6 Å². The van der Waals surface area contributed by atoms with Crippen molar-refractivity contribution in [1.29, 1.82) is 0 Å². The number of aryl methyl sites for hydroxylation is 2. The minimum absolute atomic E-state index is 0.000292. The van der Waals surface area contributed by atoms with Crippen LogP contribution >= 0.6 is 0 Å². The van der Waals surface area contributed by atoms with Crippen molar-refractivity contribution in [2.24, 2.45) is 0 Å². The van der Waals surface area contributed by atoms with Gasteiger partial charge in [-0.1, -0.05) is 48.0 Å². The summed E-state index contributed by atoms with van der Waals surface area (Å²) in [5.74, 6) is -0.384. The van der Waals surface area contributed by atoms with Crippen molar-refractivity contribution < 1.29 is 13.2 Å². The highest BCUT2D eigenvalue weighted by Crippen LogP contribution is 2.08. The van der Waals surface area contributed by atoms with E-state index in [1.165, 1.54) is 0 Å². The highest BCUT2D eigenvalue weighted by Gasteiger charge is 2.12. The molecule has 1 amide bonds. The van der Waals surface area contributed by atoms with Crippen LogP contribution in [0.1, 0.15) is 17.5 Å². The fourth-order valence-corrected chi connectivity index (χ4v) is 3.22. The number of anilines is 1. The number of hydrogen-bond acceptors (Lipinski definition) is 3. The molecule has 2 N–H and O–H groups in total. The largest absolute Gasteiger partial charge is 0.325 e. The second-order valence-electron chi connectivity index (χ2n) is 5.64. The summed E-state index contributed by atoms with van der Waals surface area (Å²) >= 11 is 0. The molecular weight excluding hydrogens is 324 g/mol. The topological polar surface area (TPSA) is 75.3 Å².